The molecule has 2 aromatic rings. The molecule has 0 fully saturated rings. The number of hydrogen-bond donors (Lipinski definition) is 1. The zero-order valence-corrected chi connectivity index (χ0v) is 12.3. The van der Waals surface area contributed by atoms with Crippen molar-refractivity contribution in [2.75, 3.05) is 13.1 Å². The summed E-state index contributed by atoms with van der Waals surface area (Å²) in [4.78, 5) is 24.1. The molecule has 0 aliphatic carbocycles. The van der Waals surface area contributed by atoms with Gasteiger partial charge in [0.25, 0.3) is 5.56 Å². The summed E-state index contributed by atoms with van der Waals surface area (Å²) in [5.41, 5.74) is 0.598. The van der Waals surface area contributed by atoms with Crippen LogP contribution in [-0.4, -0.2) is 17.7 Å². The summed E-state index contributed by atoms with van der Waals surface area (Å²) in [5, 5.41) is 3.81. The Morgan fingerprint density at radius 3 is 2.85 bits per heavy atom. The van der Waals surface area contributed by atoms with E-state index in [0.717, 1.165) is 34.6 Å². The Morgan fingerprint density at radius 1 is 1.35 bits per heavy atom. The van der Waals surface area contributed by atoms with Crippen molar-refractivity contribution >= 4 is 21.4 Å². The zero-order chi connectivity index (χ0) is 14.5. The third-order valence-corrected chi connectivity index (χ3v) is 3.93. The van der Waals surface area contributed by atoms with Gasteiger partial charge in [0.1, 0.15) is 0 Å². The van der Waals surface area contributed by atoms with E-state index >= 15 is 0 Å². The van der Waals surface area contributed by atoms with Gasteiger partial charge in [-0.3, -0.25) is 14.2 Å². The quantitative estimate of drug-likeness (QED) is 0.654. The molecule has 0 aliphatic rings. The molecule has 0 atom stereocenters. The predicted octanol–water partition coefficient (Wildman–Crippen LogP) is 1.98. The molecular weight excluding hydrogens is 272 g/mol. The normalized spacial score (nSPS) is 10.8. The van der Waals surface area contributed by atoms with Gasteiger partial charge in [-0.2, -0.15) is 0 Å². The highest BCUT2D eigenvalue weighted by atomic mass is 32.1. The molecule has 0 aliphatic heterocycles. The van der Waals surface area contributed by atoms with Gasteiger partial charge in [0.15, 0.2) is 0 Å². The van der Waals surface area contributed by atoms with Gasteiger partial charge in [-0.1, -0.05) is 37.0 Å². The third kappa shape index (κ3) is 3.23. The van der Waals surface area contributed by atoms with Crippen molar-refractivity contribution < 1.29 is 0 Å². The van der Waals surface area contributed by atoms with Crippen LogP contribution in [0.2, 0.25) is 0 Å². The predicted molar refractivity (Wildman–Crippen MR) is 84.7 cm³/mol. The Labute approximate surface area is 121 Å². The fraction of sp³-hybridized carbons (Fsp3) is 0.333. The Morgan fingerprint density at radius 2 is 2.10 bits per heavy atom. The van der Waals surface area contributed by atoms with Gasteiger partial charge < -0.3 is 5.32 Å². The standard InChI is InChI=1S/C15H18N2O2S/c1-3-8-16-9-11(2)10-17-14(18)12-6-4-5-7-13(12)20-15(17)19/h4-7,16H,2-3,8-10H2,1H3. The molecule has 0 saturated heterocycles. The Hall–Kier alpha value is -1.72. The number of rotatable bonds is 6. The van der Waals surface area contributed by atoms with E-state index in [9.17, 15) is 9.59 Å². The molecule has 1 aromatic carbocycles. The lowest BCUT2D eigenvalue weighted by Crippen LogP contribution is -2.33. The van der Waals surface area contributed by atoms with E-state index in [1.54, 1.807) is 12.1 Å². The average molecular weight is 290 g/mol. The average Bonchev–Trinajstić information content (AvgIpc) is 2.44. The fourth-order valence-corrected chi connectivity index (χ4v) is 2.83. The van der Waals surface area contributed by atoms with Crippen LogP contribution in [0.4, 0.5) is 0 Å². The maximum atomic E-state index is 12.3. The Balaban J connectivity index is 2.28. The van der Waals surface area contributed by atoms with Crippen LogP contribution in [0.3, 0.4) is 0 Å². The summed E-state index contributed by atoms with van der Waals surface area (Å²) in [7, 11) is 0. The van der Waals surface area contributed by atoms with Gasteiger partial charge in [-0.15, -0.1) is 0 Å². The molecule has 2 rings (SSSR count). The molecule has 0 unspecified atom stereocenters. The van der Waals surface area contributed by atoms with Crippen LogP contribution in [0.5, 0.6) is 0 Å². The van der Waals surface area contributed by atoms with Crippen LogP contribution in [0.15, 0.2) is 46.0 Å². The van der Waals surface area contributed by atoms with E-state index in [2.05, 4.69) is 18.8 Å². The summed E-state index contributed by atoms with van der Waals surface area (Å²) >= 11 is 1.10. The molecule has 0 spiro atoms. The lowest BCUT2D eigenvalue weighted by molar-refractivity contribution is 0.662. The second-order valence-corrected chi connectivity index (χ2v) is 5.68. The highest BCUT2D eigenvalue weighted by Gasteiger charge is 2.08. The van der Waals surface area contributed by atoms with Crippen molar-refractivity contribution in [3.05, 3.63) is 56.4 Å². The molecule has 106 valence electrons. The summed E-state index contributed by atoms with van der Waals surface area (Å²) < 4.78 is 2.00. The summed E-state index contributed by atoms with van der Waals surface area (Å²) in [6.07, 6.45) is 1.04. The Kier molecular flexibility index (Phi) is 4.87. The van der Waals surface area contributed by atoms with Crippen LogP contribution in [-0.2, 0) is 6.54 Å². The van der Waals surface area contributed by atoms with E-state index in [-0.39, 0.29) is 17.0 Å². The second-order valence-electron chi connectivity index (χ2n) is 4.68. The van der Waals surface area contributed by atoms with Crippen molar-refractivity contribution in [3.8, 4) is 0 Å². The van der Waals surface area contributed by atoms with Crippen molar-refractivity contribution in [1.82, 2.24) is 9.88 Å². The SMILES string of the molecule is C=C(CNCCC)Cn1c(=O)sc2ccccc2c1=O. The minimum atomic E-state index is -0.235. The largest absolute Gasteiger partial charge is 0.313 e. The summed E-state index contributed by atoms with van der Waals surface area (Å²) in [5.74, 6) is 0. The molecular formula is C15H18N2O2S. The van der Waals surface area contributed by atoms with Crippen LogP contribution in [0, 0.1) is 0 Å². The van der Waals surface area contributed by atoms with Crippen LogP contribution in [0.1, 0.15) is 13.3 Å². The van der Waals surface area contributed by atoms with Crippen LogP contribution in [0.25, 0.3) is 10.1 Å². The van der Waals surface area contributed by atoms with Gasteiger partial charge >= 0.3 is 4.87 Å². The number of benzene rings is 1. The molecule has 20 heavy (non-hydrogen) atoms. The van der Waals surface area contributed by atoms with Crippen molar-refractivity contribution in [2.24, 2.45) is 0 Å². The van der Waals surface area contributed by atoms with Crippen molar-refractivity contribution in [1.29, 1.82) is 0 Å². The highest BCUT2D eigenvalue weighted by molar-refractivity contribution is 7.16. The molecule has 1 N–H and O–H groups in total. The first-order valence-corrected chi connectivity index (χ1v) is 7.45. The molecule has 1 aromatic heterocycles. The highest BCUT2D eigenvalue weighted by Crippen LogP contribution is 2.11. The number of hydrogen-bond acceptors (Lipinski definition) is 4. The summed E-state index contributed by atoms with van der Waals surface area (Å²) in [6.45, 7) is 7.81. The number of aromatic nitrogens is 1. The molecule has 0 radical (unpaired) electrons. The van der Waals surface area contributed by atoms with E-state index in [1.165, 1.54) is 4.57 Å². The van der Waals surface area contributed by atoms with Gasteiger partial charge in [0.05, 0.1) is 11.9 Å². The topological polar surface area (TPSA) is 51.1 Å². The van der Waals surface area contributed by atoms with E-state index in [0.29, 0.717) is 11.9 Å². The van der Waals surface area contributed by atoms with E-state index in [1.807, 2.05) is 12.1 Å². The molecule has 0 amide bonds. The van der Waals surface area contributed by atoms with Gasteiger partial charge in [0, 0.05) is 11.2 Å². The Bertz CT molecular complexity index is 730. The molecule has 5 heteroatoms. The number of fused-ring (bicyclic) bond motifs is 1. The molecule has 1 heterocycles. The van der Waals surface area contributed by atoms with Crippen molar-refractivity contribution in [2.45, 2.75) is 19.9 Å². The first kappa shape index (κ1) is 14.7. The first-order valence-electron chi connectivity index (χ1n) is 6.63. The number of nitrogens with one attached hydrogen (secondary N) is 1. The van der Waals surface area contributed by atoms with Crippen LogP contribution >= 0.6 is 11.3 Å². The molecule has 0 bridgehead atoms. The van der Waals surface area contributed by atoms with Gasteiger partial charge in [0.2, 0.25) is 0 Å². The monoisotopic (exact) mass is 290 g/mol. The fourth-order valence-electron chi connectivity index (χ4n) is 1.97. The minimum Gasteiger partial charge on any atom is -0.313 e. The van der Waals surface area contributed by atoms with E-state index < -0.39 is 0 Å². The van der Waals surface area contributed by atoms with Gasteiger partial charge in [-0.25, -0.2) is 0 Å². The van der Waals surface area contributed by atoms with Crippen LogP contribution < -0.4 is 15.7 Å². The lowest BCUT2D eigenvalue weighted by atomic mass is 10.2. The smallest absolute Gasteiger partial charge is 0.310 e. The third-order valence-electron chi connectivity index (χ3n) is 2.96. The maximum absolute atomic E-state index is 12.3. The second kappa shape index (κ2) is 6.63. The lowest BCUT2D eigenvalue weighted by Gasteiger charge is -2.09. The van der Waals surface area contributed by atoms with Gasteiger partial charge in [-0.05, 0) is 30.7 Å². The van der Waals surface area contributed by atoms with E-state index in [4.69, 9.17) is 0 Å². The minimum absolute atomic E-state index is 0.231. The maximum Gasteiger partial charge on any atom is 0.310 e. The zero-order valence-electron chi connectivity index (χ0n) is 11.5. The van der Waals surface area contributed by atoms with Crippen molar-refractivity contribution in [3.63, 3.8) is 0 Å². The molecule has 0 saturated carbocycles. The number of nitrogens with zero attached hydrogens (tertiary/aromatic N) is 1. The summed E-state index contributed by atoms with van der Waals surface area (Å²) in [6, 6.07) is 7.19. The molecule has 4 nitrogen and oxygen atoms in total. The first-order chi connectivity index (χ1) is 9.63.